The van der Waals surface area contributed by atoms with Crippen molar-refractivity contribution in [3.8, 4) is 5.75 Å². The van der Waals surface area contributed by atoms with Crippen molar-refractivity contribution >= 4 is 5.91 Å². The van der Waals surface area contributed by atoms with Crippen LogP contribution in [0.4, 0.5) is 0 Å². The monoisotopic (exact) mass is 341 g/mol. The Labute approximate surface area is 151 Å². The summed E-state index contributed by atoms with van der Waals surface area (Å²) in [5, 5.41) is 3.27. The second-order valence-electron chi connectivity index (χ2n) is 8.86. The molecule has 4 aliphatic rings. The maximum Gasteiger partial charge on any atom is 0.226 e. The van der Waals surface area contributed by atoms with E-state index in [0.29, 0.717) is 5.91 Å². The topological polar surface area (TPSA) is 38.3 Å². The van der Waals surface area contributed by atoms with E-state index in [2.05, 4.69) is 36.5 Å². The van der Waals surface area contributed by atoms with E-state index in [0.717, 1.165) is 56.2 Å². The van der Waals surface area contributed by atoms with Crippen molar-refractivity contribution in [2.75, 3.05) is 13.7 Å². The predicted octanol–water partition coefficient (Wildman–Crippen LogP) is 4.45. The van der Waals surface area contributed by atoms with E-state index < -0.39 is 0 Å². The molecular formula is C22H31NO2. The summed E-state index contributed by atoms with van der Waals surface area (Å²) in [7, 11) is 1.72. The fourth-order valence-electron chi connectivity index (χ4n) is 6.38. The highest BCUT2D eigenvalue weighted by Gasteiger charge is 2.60. The molecule has 1 aromatic rings. The van der Waals surface area contributed by atoms with Gasteiger partial charge >= 0.3 is 0 Å². The summed E-state index contributed by atoms with van der Waals surface area (Å²) >= 11 is 0. The van der Waals surface area contributed by atoms with Crippen molar-refractivity contribution in [2.24, 2.45) is 17.3 Å². The molecule has 3 nitrogen and oxygen atoms in total. The molecule has 4 aliphatic carbocycles. The number of rotatable bonds is 6. The molecule has 1 amide bonds. The average molecular weight is 341 g/mol. The number of ether oxygens (including phenoxy) is 1. The smallest absolute Gasteiger partial charge is 0.226 e. The van der Waals surface area contributed by atoms with Crippen LogP contribution in [0.15, 0.2) is 24.3 Å². The number of unbranched alkanes of at least 4 members (excludes halogenated alkanes) is 1. The summed E-state index contributed by atoms with van der Waals surface area (Å²) in [6.07, 6.45) is 9.34. The van der Waals surface area contributed by atoms with Crippen molar-refractivity contribution in [3.05, 3.63) is 29.8 Å². The maximum absolute atomic E-state index is 13.1. The number of nitrogens with one attached hydrogen (secondary N) is 1. The number of methoxy groups -OCH3 is 1. The van der Waals surface area contributed by atoms with E-state index in [1.165, 1.54) is 24.8 Å². The first kappa shape index (κ1) is 16.9. The zero-order valence-corrected chi connectivity index (χ0v) is 15.6. The third kappa shape index (κ3) is 2.86. The Morgan fingerprint density at radius 1 is 1.16 bits per heavy atom. The van der Waals surface area contributed by atoms with Crippen LogP contribution in [0.25, 0.3) is 0 Å². The second-order valence-corrected chi connectivity index (χ2v) is 8.86. The lowest BCUT2D eigenvalue weighted by Crippen LogP contribution is -2.59. The Bertz CT molecular complexity index is 622. The van der Waals surface area contributed by atoms with Gasteiger partial charge in [0.2, 0.25) is 5.91 Å². The molecule has 2 atom stereocenters. The Balaban J connectivity index is 1.61. The van der Waals surface area contributed by atoms with Crippen LogP contribution in [-0.2, 0) is 10.2 Å². The Hall–Kier alpha value is -1.51. The summed E-state index contributed by atoms with van der Waals surface area (Å²) in [6, 6.07) is 8.66. The van der Waals surface area contributed by atoms with E-state index in [-0.39, 0.29) is 10.8 Å². The first-order valence-electron chi connectivity index (χ1n) is 10.0. The van der Waals surface area contributed by atoms with Gasteiger partial charge in [-0.3, -0.25) is 4.79 Å². The maximum atomic E-state index is 13.1. The molecule has 0 saturated heterocycles. The summed E-state index contributed by atoms with van der Waals surface area (Å²) < 4.78 is 5.34. The summed E-state index contributed by atoms with van der Waals surface area (Å²) in [5.74, 6) is 2.70. The first-order chi connectivity index (χ1) is 12.1. The van der Waals surface area contributed by atoms with Gasteiger partial charge in [-0.15, -0.1) is 0 Å². The predicted molar refractivity (Wildman–Crippen MR) is 99.7 cm³/mol. The molecular weight excluding hydrogens is 310 g/mol. The van der Waals surface area contributed by atoms with E-state index >= 15 is 0 Å². The van der Waals surface area contributed by atoms with Crippen LogP contribution < -0.4 is 10.1 Å². The molecule has 3 heteroatoms. The van der Waals surface area contributed by atoms with Gasteiger partial charge in [0.15, 0.2) is 0 Å². The van der Waals surface area contributed by atoms with Crippen LogP contribution in [0.1, 0.15) is 63.9 Å². The largest absolute Gasteiger partial charge is 0.497 e. The van der Waals surface area contributed by atoms with Crippen molar-refractivity contribution in [1.29, 1.82) is 0 Å². The van der Waals surface area contributed by atoms with Crippen LogP contribution >= 0.6 is 0 Å². The normalized spacial score (nSPS) is 35.6. The van der Waals surface area contributed by atoms with Crippen LogP contribution in [0.5, 0.6) is 5.75 Å². The summed E-state index contributed by atoms with van der Waals surface area (Å²) in [4.78, 5) is 13.1. The molecule has 1 N–H and O–H groups in total. The molecule has 1 aromatic carbocycles. The van der Waals surface area contributed by atoms with Gasteiger partial charge in [0, 0.05) is 6.54 Å². The Morgan fingerprint density at radius 3 is 2.44 bits per heavy atom. The second kappa shape index (κ2) is 6.34. The third-order valence-corrected chi connectivity index (χ3v) is 7.06. The van der Waals surface area contributed by atoms with E-state index in [1.807, 2.05) is 0 Å². The van der Waals surface area contributed by atoms with E-state index in [4.69, 9.17) is 4.74 Å². The molecule has 4 saturated carbocycles. The molecule has 136 valence electrons. The average Bonchev–Trinajstić information content (AvgIpc) is 2.61. The van der Waals surface area contributed by atoms with Gasteiger partial charge < -0.3 is 10.1 Å². The lowest BCUT2D eigenvalue weighted by molar-refractivity contribution is -0.149. The quantitative estimate of drug-likeness (QED) is 0.776. The number of carbonyl (C=O) groups is 1. The summed E-state index contributed by atoms with van der Waals surface area (Å²) in [5.41, 5.74) is 1.52. The molecule has 4 bridgehead atoms. The third-order valence-electron chi connectivity index (χ3n) is 7.06. The molecule has 0 radical (unpaired) electrons. The van der Waals surface area contributed by atoms with Crippen LogP contribution in [0.3, 0.4) is 0 Å². The fraction of sp³-hybridized carbons (Fsp3) is 0.682. The Morgan fingerprint density at radius 2 is 1.84 bits per heavy atom. The van der Waals surface area contributed by atoms with E-state index in [9.17, 15) is 4.79 Å². The number of benzene rings is 1. The van der Waals surface area contributed by atoms with Gasteiger partial charge in [0.25, 0.3) is 0 Å². The minimum absolute atomic E-state index is 0.113. The highest BCUT2D eigenvalue weighted by molar-refractivity contribution is 5.83. The highest BCUT2D eigenvalue weighted by Crippen LogP contribution is 2.65. The van der Waals surface area contributed by atoms with Crippen molar-refractivity contribution in [3.63, 3.8) is 0 Å². The number of carbonyl (C=O) groups excluding carboxylic acids is 1. The Kier molecular flexibility index (Phi) is 4.29. The summed E-state index contributed by atoms with van der Waals surface area (Å²) in [6.45, 7) is 3.01. The van der Waals surface area contributed by atoms with Gasteiger partial charge in [-0.2, -0.15) is 0 Å². The molecule has 0 aliphatic heterocycles. The van der Waals surface area contributed by atoms with Gasteiger partial charge in [-0.05, 0) is 79.9 Å². The fourth-order valence-corrected chi connectivity index (χ4v) is 6.38. The first-order valence-corrected chi connectivity index (χ1v) is 10.0. The lowest BCUT2D eigenvalue weighted by Gasteiger charge is -2.61. The van der Waals surface area contributed by atoms with Crippen molar-refractivity contribution < 1.29 is 9.53 Å². The SMILES string of the molecule is CCCCNC(=O)C12CC3CC(C1)CC(c1ccc(OC)cc1)(C3)C2. The number of amides is 1. The van der Waals surface area contributed by atoms with Gasteiger partial charge in [0.1, 0.15) is 5.75 Å². The zero-order chi connectivity index (χ0) is 17.5. The van der Waals surface area contributed by atoms with Gasteiger partial charge in [-0.1, -0.05) is 25.5 Å². The van der Waals surface area contributed by atoms with Crippen molar-refractivity contribution in [2.45, 2.75) is 63.7 Å². The molecule has 25 heavy (non-hydrogen) atoms. The van der Waals surface area contributed by atoms with Crippen molar-refractivity contribution in [1.82, 2.24) is 5.32 Å². The van der Waals surface area contributed by atoms with Crippen LogP contribution in [0, 0.1) is 17.3 Å². The number of hydrogen-bond acceptors (Lipinski definition) is 2. The molecule has 0 spiro atoms. The minimum atomic E-state index is -0.113. The highest BCUT2D eigenvalue weighted by atomic mass is 16.5. The van der Waals surface area contributed by atoms with Crippen LogP contribution in [0.2, 0.25) is 0 Å². The van der Waals surface area contributed by atoms with E-state index in [1.54, 1.807) is 7.11 Å². The van der Waals surface area contributed by atoms with Gasteiger partial charge in [-0.25, -0.2) is 0 Å². The zero-order valence-electron chi connectivity index (χ0n) is 15.6. The van der Waals surface area contributed by atoms with Gasteiger partial charge in [0.05, 0.1) is 12.5 Å². The molecule has 5 rings (SSSR count). The molecule has 4 fully saturated rings. The van der Waals surface area contributed by atoms with Crippen LogP contribution in [-0.4, -0.2) is 19.6 Å². The minimum Gasteiger partial charge on any atom is -0.497 e. The standard InChI is InChI=1S/C22H31NO2/c1-3-4-9-23-20(24)22-13-16-10-17(14-22)12-21(11-16,15-22)18-5-7-19(25-2)8-6-18/h5-8,16-17H,3-4,9-15H2,1-2H3,(H,23,24). The number of hydrogen-bond donors (Lipinski definition) is 1. The molecule has 2 unspecified atom stereocenters. The molecule has 0 heterocycles. The molecule has 0 aromatic heterocycles. The lowest BCUT2D eigenvalue weighted by atomic mass is 9.42.